The van der Waals surface area contributed by atoms with Crippen LogP contribution in [-0.4, -0.2) is 9.91 Å². The molecule has 3 aromatic rings. The lowest BCUT2D eigenvalue weighted by molar-refractivity contribution is -0.384. The lowest BCUT2D eigenvalue weighted by Gasteiger charge is -2.09. The number of pyridine rings is 1. The molecule has 21 heavy (non-hydrogen) atoms. The van der Waals surface area contributed by atoms with Crippen molar-refractivity contribution in [2.75, 3.05) is 5.32 Å². The van der Waals surface area contributed by atoms with E-state index in [0.717, 1.165) is 19.6 Å². The van der Waals surface area contributed by atoms with Crippen molar-refractivity contribution in [3.05, 3.63) is 61.4 Å². The van der Waals surface area contributed by atoms with Gasteiger partial charge in [0, 0.05) is 16.8 Å². The predicted molar refractivity (Wildman–Crippen MR) is 87.7 cm³/mol. The standard InChI is InChI=1S/C14H10BrN3O2S/c15-13-6-5-9(21-13)7-17-14-10-3-1-2-4-11(10)16-8-12(14)18(19)20/h1-6,8H,7H2,(H,16,17). The van der Waals surface area contributed by atoms with Gasteiger partial charge in [0.25, 0.3) is 0 Å². The van der Waals surface area contributed by atoms with Crippen molar-refractivity contribution in [3.63, 3.8) is 0 Å². The van der Waals surface area contributed by atoms with Crippen LogP contribution in [0.3, 0.4) is 0 Å². The molecule has 0 saturated heterocycles. The zero-order valence-corrected chi connectivity index (χ0v) is 13.1. The molecule has 0 radical (unpaired) electrons. The van der Waals surface area contributed by atoms with Crippen LogP contribution in [0.5, 0.6) is 0 Å². The maximum atomic E-state index is 11.2. The molecule has 0 aliphatic heterocycles. The van der Waals surface area contributed by atoms with Crippen molar-refractivity contribution < 1.29 is 4.92 Å². The van der Waals surface area contributed by atoms with Crippen LogP contribution < -0.4 is 5.32 Å². The maximum absolute atomic E-state index is 11.2. The molecule has 7 heteroatoms. The monoisotopic (exact) mass is 363 g/mol. The number of hydrogen-bond donors (Lipinski definition) is 1. The molecule has 2 heterocycles. The van der Waals surface area contributed by atoms with Crippen LogP contribution in [-0.2, 0) is 6.54 Å². The summed E-state index contributed by atoms with van der Waals surface area (Å²) in [4.78, 5) is 16.0. The molecule has 0 spiro atoms. The number of nitrogens with zero attached hydrogens (tertiary/aromatic N) is 2. The molecule has 1 aromatic carbocycles. The number of rotatable bonds is 4. The van der Waals surface area contributed by atoms with Crippen LogP contribution in [0, 0.1) is 10.1 Å². The van der Waals surface area contributed by atoms with Crippen molar-refractivity contribution in [2.45, 2.75) is 6.54 Å². The Morgan fingerprint density at radius 2 is 2.10 bits per heavy atom. The Morgan fingerprint density at radius 3 is 2.81 bits per heavy atom. The average molecular weight is 364 g/mol. The molecule has 0 aliphatic rings. The molecule has 0 saturated carbocycles. The first-order valence-electron chi connectivity index (χ1n) is 6.15. The van der Waals surface area contributed by atoms with Crippen LogP contribution in [0.25, 0.3) is 10.9 Å². The number of fused-ring (bicyclic) bond motifs is 1. The minimum atomic E-state index is -0.411. The van der Waals surface area contributed by atoms with Crippen LogP contribution in [0.15, 0.2) is 46.4 Å². The van der Waals surface area contributed by atoms with Crippen molar-refractivity contribution in [3.8, 4) is 0 Å². The second kappa shape index (κ2) is 5.79. The number of aromatic nitrogens is 1. The van der Waals surface area contributed by atoms with E-state index in [-0.39, 0.29) is 5.69 Å². The second-order valence-electron chi connectivity index (χ2n) is 4.35. The number of benzene rings is 1. The Bertz CT molecular complexity index is 819. The van der Waals surface area contributed by atoms with Gasteiger partial charge in [0.2, 0.25) is 0 Å². The van der Waals surface area contributed by atoms with Crippen molar-refractivity contribution >= 4 is 49.5 Å². The summed E-state index contributed by atoms with van der Waals surface area (Å²) in [7, 11) is 0. The fourth-order valence-corrected chi connectivity index (χ4v) is 3.50. The minimum absolute atomic E-state index is 0.00989. The molecule has 0 unspecified atom stereocenters. The van der Waals surface area contributed by atoms with E-state index in [2.05, 4.69) is 26.2 Å². The molecule has 0 bridgehead atoms. The number of hydrogen-bond acceptors (Lipinski definition) is 5. The topological polar surface area (TPSA) is 68.1 Å². The predicted octanol–water partition coefficient (Wildman–Crippen LogP) is 4.58. The van der Waals surface area contributed by atoms with Gasteiger partial charge in [-0.3, -0.25) is 10.1 Å². The smallest absolute Gasteiger partial charge is 0.311 e. The Kier molecular flexibility index (Phi) is 3.85. The van der Waals surface area contributed by atoms with Gasteiger partial charge in [-0.05, 0) is 34.1 Å². The van der Waals surface area contributed by atoms with Gasteiger partial charge in [0.15, 0.2) is 0 Å². The number of nitro groups is 1. The summed E-state index contributed by atoms with van der Waals surface area (Å²) in [6.45, 7) is 0.533. The van der Waals surface area contributed by atoms with Crippen LogP contribution >= 0.6 is 27.3 Å². The Hall–Kier alpha value is -1.99. The number of anilines is 1. The van der Waals surface area contributed by atoms with Gasteiger partial charge < -0.3 is 5.32 Å². The molecule has 0 amide bonds. The quantitative estimate of drug-likeness (QED) is 0.544. The molecule has 1 N–H and O–H groups in total. The van der Waals surface area contributed by atoms with E-state index in [1.807, 2.05) is 36.4 Å². The third-order valence-electron chi connectivity index (χ3n) is 3.02. The van der Waals surface area contributed by atoms with Gasteiger partial charge >= 0.3 is 5.69 Å². The largest absolute Gasteiger partial charge is 0.374 e. The molecule has 2 aromatic heterocycles. The summed E-state index contributed by atoms with van der Waals surface area (Å²) in [5.74, 6) is 0. The molecular weight excluding hydrogens is 354 g/mol. The molecular formula is C14H10BrN3O2S. The van der Waals surface area contributed by atoms with Crippen molar-refractivity contribution in [2.24, 2.45) is 0 Å². The highest BCUT2D eigenvalue weighted by Gasteiger charge is 2.17. The third-order valence-corrected chi connectivity index (χ3v) is 4.64. The maximum Gasteiger partial charge on any atom is 0.311 e. The van der Waals surface area contributed by atoms with E-state index in [0.29, 0.717) is 12.2 Å². The van der Waals surface area contributed by atoms with E-state index < -0.39 is 4.92 Å². The second-order valence-corrected chi connectivity index (χ2v) is 6.90. The summed E-state index contributed by atoms with van der Waals surface area (Å²) in [6, 6.07) is 11.3. The van der Waals surface area contributed by atoms with E-state index in [4.69, 9.17) is 0 Å². The third kappa shape index (κ3) is 2.88. The zero-order chi connectivity index (χ0) is 14.8. The lowest BCUT2D eigenvalue weighted by Crippen LogP contribution is -2.03. The van der Waals surface area contributed by atoms with Gasteiger partial charge in [0.05, 0.1) is 14.2 Å². The molecule has 106 valence electrons. The fraction of sp³-hybridized carbons (Fsp3) is 0.0714. The van der Waals surface area contributed by atoms with Crippen LogP contribution in [0.2, 0.25) is 0 Å². The van der Waals surface area contributed by atoms with Gasteiger partial charge in [-0.2, -0.15) is 0 Å². The average Bonchev–Trinajstić information content (AvgIpc) is 2.90. The number of nitrogens with one attached hydrogen (secondary N) is 1. The first kappa shape index (κ1) is 14.0. The summed E-state index contributed by atoms with van der Waals surface area (Å²) >= 11 is 5.00. The van der Waals surface area contributed by atoms with Crippen LogP contribution in [0.4, 0.5) is 11.4 Å². The summed E-state index contributed by atoms with van der Waals surface area (Å²) in [5, 5.41) is 15.1. The van der Waals surface area contributed by atoms with Gasteiger partial charge in [-0.15, -0.1) is 11.3 Å². The number of para-hydroxylation sites is 1. The minimum Gasteiger partial charge on any atom is -0.374 e. The summed E-state index contributed by atoms with van der Waals surface area (Å²) in [6.07, 6.45) is 1.30. The normalized spacial score (nSPS) is 10.7. The summed E-state index contributed by atoms with van der Waals surface area (Å²) in [5.41, 5.74) is 1.23. The highest BCUT2D eigenvalue weighted by atomic mass is 79.9. The van der Waals surface area contributed by atoms with Crippen molar-refractivity contribution in [1.29, 1.82) is 0 Å². The highest BCUT2D eigenvalue weighted by Crippen LogP contribution is 2.32. The van der Waals surface area contributed by atoms with Crippen LogP contribution in [0.1, 0.15) is 4.88 Å². The van der Waals surface area contributed by atoms with Crippen molar-refractivity contribution in [1.82, 2.24) is 4.98 Å². The van der Waals surface area contributed by atoms with E-state index >= 15 is 0 Å². The van der Waals surface area contributed by atoms with E-state index in [1.54, 1.807) is 11.3 Å². The number of halogens is 1. The Labute approximate surface area is 132 Å². The van der Waals surface area contributed by atoms with Gasteiger partial charge in [0.1, 0.15) is 11.9 Å². The van der Waals surface area contributed by atoms with Gasteiger partial charge in [-0.25, -0.2) is 4.98 Å². The zero-order valence-electron chi connectivity index (χ0n) is 10.7. The molecule has 0 fully saturated rings. The SMILES string of the molecule is O=[N+]([O-])c1cnc2ccccc2c1NCc1ccc(Br)s1. The first-order valence-corrected chi connectivity index (χ1v) is 7.76. The Balaban J connectivity index is 2.01. The Morgan fingerprint density at radius 1 is 1.29 bits per heavy atom. The molecule has 0 aliphatic carbocycles. The highest BCUT2D eigenvalue weighted by molar-refractivity contribution is 9.11. The molecule has 3 rings (SSSR count). The van der Waals surface area contributed by atoms with Gasteiger partial charge in [-0.1, -0.05) is 18.2 Å². The molecule has 0 atom stereocenters. The lowest BCUT2D eigenvalue weighted by atomic mass is 10.1. The van der Waals surface area contributed by atoms with E-state index in [1.165, 1.54) is 6.20 Å². The summed E-state index contributed by atoms with van der Waals surface area (Å²) < 4.78 is 1.04. The fourth-order valence-electron chi connectivity index (χ4n) is 2.08. The molecule has 5 nitrogen and oxygen atoms in total. The first-order chi connectivity index (χ1) is 10.1. The van der Waals surface area contributed by atoms with E-state index in [9.17, 15) is 10.1 Å². The number of thiophene rings is 1.